The number of rotatable bonds is 6. The number of aromatic nitrogens is 1. The van der Waals surface area contributed by atoms with Crippen LogP contribution in [0.25, 0.3) is 10.9 Å². The molecule has 0 radical (unpaired) electrons. The fraction of sp³-hybridized carbons (Fsp3) is 0.318. The fourth-order valence-electron chi connectivity index (χ4n) is 3.58. The minimum absolute atomic E-state index is 0.0407. The van der Waals surface area contributed by atoms with Gasteiger partial charge in [-0.05, 0) is 30.3 Å². The van der Waals surface area contributed by atoms with E-state index in [0.717, 1.165) is 61.6 Å². The molecule has 0 N–H and O–H groups in total. The van der Waals surface area contributed by atoms with Crippen LogP contribution in [0, 0.1) is 0 Å². The van der Waals surface area contributed by atoms with Crippen LogP contribution in [0.15, 0.2) is 54.7 Å². The summed E-state index contributed by atoms with van der Waals surface area (Å²) in [6.45, 7) is 5.35. The third kappa shape index (κ3) is 3.75. The molecule has 5 nitrogen and oxygen atoms in total. The van der Waals surface area contributed by atoms with Crippen molar-refractivity contribution in [2.24, 2.45) is 0 Å². The molecule has 140 valence electrons. The van der Waals surface area contributed by atoms with Crippen LogP contribution in [0.4, 0.5) is 0 Å². The van der Waals surface area contributed by atoms with Crippen molar-refractivity contribution in [2.45, 2.75) is 6.54 Å². The van der Waals surface area contributed by atoms with E-state index in [1.165, 1.54) is 0 Å². The number of methoxy groups -OCH3 is 1. The van der Waals surface area contributed by atoms with Crippen LogP contribution >= 0.6 is 0 Å². The van der Waals surface area contributed by atoms with Gasteiger partial charge in [0.05, 0.1) is 20.3 Å². The van der Waals surface area contributed by atoms with E-state index < -0.39 is 0 Å². The molecule has 1 aromatic heterocycles. The Balaban J connectivity index is 1.61. The number of hydrogen-bond donors (Lipinski definition) is 0. The summed E-state index contributed by atoms with van der Waals surface area (Å²) in [7, 11) is 1.62. The lowest BCUT2D eigenvalue weighted by Crippen LogP contribution is -2.38. The lowest BCUT2D eigenvalue weighted by molar-refractivity contribution is 0.0365. The minimum atomic E-state index is 0.0407. The van der Waals surface area contributed by atoms with Crippen LogP contribution in [-0.4, -0.2) is 55.2 Å². The van der Waals surface area contributed by atoms with Gasteiger partial charge in [0, 0.05) is 54.4 Å². The van der Waals surface area contributed by atoms with Gasteiger partial charge in [-0.1, -0.05) is 18.2 Å². The third-order valence-corrected chi connectivity index (χ3v) is 5.15. The van der Waals surface area contributed by atoms with Crippen LogP contribution in [-0.2, 0) is 11.3 Å². The van der Waals surface area contributed by atoms with Crippen molar-refractivity contribution in [2.75, 3.05) is 40.0 Å². The highest BCUT2D eigenvalue weighted by Crippen LogP contribution is 2.25. The lowest BCUT2D eigenvalue weighted by atomic mass is 10.0. The summed E-state index contributed by atoms with van der Waals surface area (Å²) in [5, 5.41) is 1.00. The highest BCUT2D eigenvalue weighted by molar-refractivity contribution is 6.16. The maximum atomic E-state index is 13.1. The summed E-state index contributed by atoms with van der Waals surface area (Å²) in [5.41, 5.74) is 2.52. The normalized spacial score (nSPS) is 15.1. The molecule has 0 bridgehead atoms. The zero-order valence-electron chi connectivity index (χ0n) is 15.6. The SMILES string of the molecule is COc1ccc(C(=O)c2cn(CCN3CCOCC3)c3ccccc23)cc1. The van der Waals surface area contributed by atoms with Crippen LogP contribution in [0.3, 0.4) is 0 Å². The Hall–Kier alpha value is -2.63. The lowest BCUT2D eigenvalue weighted by Gasteiger charge is -2.26. The molecule has 5 heteroatoms. The van der Waals surface area contributed by atoms with Gasteiger partial charge in [0.2, 0.25) is 0 Å². The van der Waals surface area contributed by atoms with Gasteiger partial charge in [0.15, 0.2) is 5.78 Å². The van der Waals surface area contributed by atoms with E-state index in [-0.39, 0.29) is 5.78 Å². The number of ether oxygens (including phenoxy) is 2. The second kappa shape index (κ2) is 7.94. The highest BCUT2D eigenvalue weighted by Gasteiger charge is 2.17. The Morgan fingerprint density at radius 1 is 1.04 bits per heavy atom. The first-order valence-electron chi connectivity index (χ1n) is 9.33. The molecule has 0 spiro atoms. The van der Waals surface area contributed by atoms with Gasteiger partial charge < -0.3 is 14.0 Å². The fourth-order valence-corrected chi connectivity index (χ4v) is 3.58. The number of ketones is 1. The standard InChI is InChI=1S/C22H24N2O3/c1-26-18-8-6-17(7-9-18)22(25)20-16-24(21-5-3-2-4-19(20)21)11-10-23-12-14-27-15-13-23/h2-9,16H,10-15H2,1H3. The molecule has 0 aliphatic carbocycles. The number of carbonyl (C=O) groups excluding carboxylic acids is 1. The molecule has 2 heterocycles. The maximum Gasteiger partial charge on any atom is 0.195 e. The van der Waals surface area contributed by atoms with Gasteiger partial charge in [0.1, 0.15) is 5.75 Å². The number of fused-ring (bicyclic) bond motifs is 1. The molecule has 0 saturated carbocycles. The molecule has 0 atom stereocenters. The van der Waals surface area contributed by atoms with Crippen LogP contribution in [0.1, 0.15) is 15.9 Å². The van der Waals surface area contributed by atoms with E-state index in [0.29, 0.717) is 5.56 Å². The van der Waals surface area contributed by atoms with Crippen molar-refractivity contribution in [3.05, 3.63) is 65.9 Å². The Morgan fingerprint density at radius 2 is 1.78 bits per heavy atom. The van der Waals surface area contributed by atoms with Crippen molar-refractivity contribution >= 4 is 16.7 Å². The summed E-state index contributed by atoms with van der Waals surface area (Å²) in [5.74, 6) is 0.790. The number of benzene rings is 2. The van der Waals surface area contributed by atoms with E-state index in [9.17, 15) is 4.79 Å². The Labute approximate surface area is 159 Å². The van der Waals surface area contributed by atoms with Crippen molar-refractivity contribution in [3.8, 4) is 5.75 Å². The number of carbonyl (C=O) groups is 1. The number of morpholine rings is 1. The van der Waals surface area contributed by atoms with E-state index in [1.807, 2.05) is 48.7 Å². The van der Waals surface area contributed by atoms with Gasteiger partial charge in [-0.3, -0.25) is 9.69 Å². The molecule has 1 fully saturated rings. The molecule has 1 saturated heterocycles. The zero-order chi connectivity index (χ0) is 18.6. The predicted molar refractivity (Wildman–Crippen MR) is 106 cm³/mol. The highest BCUT2D eigenvalue weighted by atomic mass is 16.5. The molecule has 2 aromatic carbocycles. The molecular weight excluding hydrogens is 340 g/mol. The summed E-state index contributed by atoms with van der Waals surface area (Å²) >= 11 is 0. The van der Waals surface area contributed by atoms with E-state index >= 15 is 0 Å². The number of para-hydroxylation sites is 1. The smallest absolute Gasteiger partial charge is 0.195 e. The summed E-state index contributed by atoms with van der Waals surface area (Å²) in [4.78, 5) is 15.5. The largest absolute Gasteiger partial charge is 0.497 e. The van der Waals surface area contributed by atoms with E-state index in [4.69, 9.17) is 9.47 Å². The molecule has 1 aliphatic heterocycles. The van der Waals surface area contributed by atoms with Crippen molar-refractivity contribution in [3.63, 3.8) is 0 Å². The van der Waals surface area contributed by atoms with E-state index in [1.54, 1.807) is 7.11 Å². The second-order valence-electron chi connectivity index (χ2n) is 6.76. The second-order valence-corrected chi connectivity index (χ2v) is 6.76. The van der Waals surface area contributed by atoms with Gasteiger partial charge in [-0.15, -0.1) is 0 Å². The Bertz CT molecular complexity index is 924. The quantitative estimate of drug-likeness (QED) is 0.630. The van der Waals surface area contributed by atoms with E-state index in [2.05, 4.69) is 15.5 Å². The molecule has 27 heavy (non-hydrogen) atoms. The number of nitrogens with zero attached hydrogens (tertiary/aromatic N) is 2. The van der Waals surface area contributed by atoms with Crippen molar-refractivity contribution in [1.29, 1.82) is 0 Å². The Morgan fingerprint density at radius 3 is 2.52 bits per heavy atom. The molecule has 0 unspecified atom stereocenters. The first kappa shape index (κ1) is 17.8. The molecule has 1 aliphatic rings. The molecule has 0 amide bonds. The van der Waals surface area contributed by atoms with Gasteiger partial charge >= 0.3 is 0 Å². The van der Waals surface area contributed by atoms with Crippen LogP contribution in [0.2, 0.25) is 0 Å². The monoisotopic (exact) mass is 364 g/mol. The van der Waals surface area contributed by atoms with Crippen LogP contribution in [0.5, 0.6) is 5.75 Å². The minimum Gasteiger partial charge on any atom is -0.497 e. The van der Waals surface area contributed by atoms with Gasteiger partial charge in [0.25, 0.3) is 0 Å². The van der Waals surface area contributed by atoms with Gasteiger partial charge in [-0.25, -0.2) is 0 Å². The van der Waals surface area contributed by atoms with Crippen molar-refractivity contribution < 1.29 is 14.3 Å². The first-order valence-corrected chi connectivity index (χ1v) is 9.33. The molecule has 4 rings (SSSR count). The third-order valence-electron chi connectivity index (χ3n) is 5.15. The van der Waals surface area contributed by atoms with Gasteiger partial charge in [-0.2, -0.15) is 0 Å². The maximum absolute atomic E-state index is 13.1. The topological polar surface area (TPSA) is 43.7 Å². The summed E-state index contributed by atoms with van der Waals surface area (Å²) in [6, 6.07) is 15.4. The predicted octanol–water partition coefficient (Wildman–Crippen LogP) is 3.21. The van der Waals surface area contributed by atoms with Crippen LogP contribution < -0.4 is 4.74 Å². The average molecular weight is 364 g/mol. The zero-order valence-corrected chi connectivity index (χ0v) is 15.6. The Kier molecular flexibility index (Phi) is 5.23. The molecule has 3 aromatic rings. The van der Waals surface area contributed by atoms with Crippen molar-refractivity contribution in [1.82, 2.24) is 9.47 Å². The molecular formula is C22H24N2O3. The first-order chi connectivity index (χ1) is 13.3. The summed E-state index contributed by atoms with van der Waals surface area (Å²) in [6.07, 6.45) is 2.00. The average Bonchev–Trinajstić information content (AvgIpc) is 3.11. The summed E-state index contributed by atoms with van der Waals surface area (Å²) < 4.78 is 12.8. The number of hydrogen-bond acceptors (Lipinski definition) is 4.